The van der Waals surface area contributed by atoms with E-state index in [0.29, 0.717) is 23.7 Å². The highest BCUT2D eigenvalue weighted by molar-refractivity contribution is 6.00. The molecular formula is C27H30N2O3. The lowest BCUT2D eigenvalue weighted by Crippen LogP contribution is -2.42. The molecule has 3 aromatic carbocycles. The van der Waals surface area contributed by atoms with E-state index in [2.05, 4.69) is 18.3 Å². The summed E-state index contributed by atoms with van der Waals surface area (Å²) in [6.45, 7) is 4.58. The second-order valence-corrected chi connectivity index (χ2v) is 7.32. The predicted molar refractivity (Wildman–Crippen MR) is 132 cm³/mol. The number of hydrogen-bond donors (Lipinski definition) is 1. The first-order valence-electron chi connectivity index (χ1n) is 10.7. The first-order valence-corrected chi connectivity index (χ1v) is 10.7. The predicted octanol–water partition coefficient (Wildman–Crippen LogP) is 5.56. The summed E-state index contributed by atoms with van der Waals surface area (Å²) < 4.78 is 10.8. The van der Waals surface area contributed by atoms with E-state index in [0.717, 1.165) is 16.8 Å². The number of hydrogen-bond acceptors (Lipinski definition) is 4. The van der Waals surface area contributed by atoms with Crippen LogP contribution in [0.15, 0.2) is 78.9 Å². The van der Waals surface area contributed by atoms with Crippen molar-refractivity contribution in [1.29, 1.82) is 0 Å². The van der Waals surface area contributed by atoms with Gasteiger partial charge in [0.25, 0.3) is 5.91 Å². The van der Waals surface area contributed by atoms with Crippen molar-refractivity contribution >= 4 is 23.4 Å². The zero-order chi connectivity index (χ0) is 22.9. The van der Waals surface area contributed by atoms with Gasteiger partial charge in [-0.2, -0.15) is 0 Å². The molecule has 0 aliphatic heterocycles. The molecule has 0 aliphatic rings. The van der Waals surface area contributed by atoms with Gasteiger partial charge in [-0.3, -0.25) is 4.79 Å². The smallest absolute Gasteiger partial charge is 0.253 e. The Morgan fingerprint density at radius 3 is 2.38 bits per heavy atom. The maximum absolute atomic E-state index is 13.7. The van der Waals surface area contributed by atoms with Crippen LogP contribution >= 0.6 is 0 Å². The van der Waals surface area contributed by atoms with Crippen molar-refractivity contribution in [3.63, 3.8) is 0 Å². The minimum absolute atomic E-state index is 0.0543. The highest BCUT2D eigenvalue weighted by atomic mass is 16.5. The molecule has 166 valence electrons. The number of likely N-dealkylation sites (N-methyl/N-ethyl adjacent to an activating group) is 1. The maximum Gasteiger partial charge on any atom is 0.253 e. The quantitative estimate of drug-likeness (QED) is 0.483. The van der Waals surface area contributed by atoms with Crippen LogP contribution in [-0.2, 0) is 4.79 Å². The molecule has 0 heterocycles. The fourth-order valence-electron chi connectivity index (χ4n) is 3.49. The minimum atomic E-state index is -0.600. The summed E-state index contributed by atoms with van der Waals surface area (Å²) in [7, 11) is 3.21. The zero-order valence-electron chi connectivity index (χ0n) is 19.0. The van der Waals surface area contributed by atoms with Crippen LogP contribution in [0, 0.1) is 6.92 Å². The third-order valence-electron chi connectivity index (χ3n) is 5.29. The molecule has 0 aromatic heterocycles. The Labute approximate surface area is 190 Å². The van der Waals surface area contributed by atoms with Gasteiger partial charge in [0.15, 0.2) is 0 Å². The van der Waals surface area contributed by atoms with E-state index >= 15 is 0 Å². The lowest BCUT2D eigenvalue weighted by atomic mass is 10.1. The van der Waals surface area contributed by atoms with Gasteiger partial charge in [-0.25, -0.2) is 0 Å². The third kappa shape index (κ3) is 5.49. The molecule has 0 unspecified atom stereocenters. The molecule has 0 saturated carbocycles. The molecule has 0 spiro atoms. The summed E-state index contributed by atoms with van der Waals surface area (Å²) in [5.74, 6) is 1.24. The monoisotopic (exact) mass is 430 g/mol. The van der Waals surface area contributed by atoms with Crippen molar-refractivity contribution in [3.8, 4) is 11.5 Å². The molecule has 32 heavy (non-hydrogen) atoms. The zero-order valence-corrected chi connectivity index (χ0v) is 19.0. The number of benzene rings is 3. The van der Waals surface area contributed by atoms with E-state index in [1.807, 2.05) is 79.7 Å². The van der Waals surface area contributed by atoms with E-state index in [1.54, 1.807) is 25.2 Å². The van der Waals surface area contributed by atoms with Crippen LogP contribution in [0.1, 0.15) is 18.1 Å². The van der Waals surface area contributed by atoms with Crippen molar-refractivity contribution in [2.45, 2.75) is 19.9 Å². The topological polar surface area (TPSA) is 50.8 Å². The van der Waals surface area contributed by atoms with Gasteiger partial charge in [-0.1, -0.05) is 54.6 Å². The van der Waals surface area contributed by atoms with Crippen molar-refractivity contribution in [2.75, 3.05) is 31.0 Å². The normalized spacial score (nSPS) is 11.8. The van der Waals surface area contributed by atoms with Crippen molar-refractivity contribution in [3.05, 3.63) is 90.0 Å². The fraction of sp³-hybridized carbons (Fsp3) is 0.222. The lowest BCUT2D eigenvalue weighted by molar-refractivity contribution is -0.118. The lowest BCUT2D eigenvalue weighted by Gasteiger charge is -2.26. The maximum atomic E-state index is 13.7. The Morgan fingerprint density at radius 1 is 1.00 bits per heavy atom. The Balaban J connectivity index is 1.97. The van der Waals surface area contributed by atoms with Gasteiger partial charge in [0.2, 0.25) is 0 Å². The third-order valence-corrected chi connectivity index (χ3v) is 5.29. The Hall–Kier alpha value is -3.73. The number of carbonyl (C=O) groups excluding carboxylic acids is 1. The van der Waals surface area contributed by atoms with Gasteiger partial charge in [0.05, 0.1) is 19.9 Å². The van der Waals surface area contributed by atoms with Gasteiger partial charge < -0.3 is 19.7 Å². The highest BCUT2D eigenvalue weighted by Crippen LogP contribution is 2.30. The molecule has 0 fully saturated rings. The van der Waals surface area contributed by atoms with E-state index < -0.39 is 6.04 Å². The molecule has 0 radical (unpaired) electrons. The number of carbonyl (C=O) groups is 1. The van der Waals surface area contributed by atoms with Crippen LogP contribution in [0.2, 0.25) is 0 Å². The molecule has 1 amide bonds. The van der Waals surface area contributed by atoms with Crippen LogP contribution in [0.3, 0.4) is 0 Å². The standard InChI is InChI=1S/C27H30N2O3/c1-5-29(22-13-7-6-8-14-22)27(30)25(17-15-21-12-10-9-11-20(21)2)28-24-18-16-23(31-3)19-26(24)32-4/h6-19,25,28H,5H2,1-4H3/b17-15+/t25-/m0/s1. The molecule has 1 atom stereocenters. The number of para-hydroxylation sites is 1. The number of rotatable bonds is 9. The summed E-state index contributed by atoms with van der Waals surface area (Å²) in [5, 5.41) is 3.37. The van der Waals surface area contributed by atoms with Crippen molar-refractivity contribution in [1.82, 2.24) is 0 Å². The Morgan fingerprint density at radius 2 is 1.72 bits per heavy atom. The van der Waals surface area contributed by atoms with E-state index in [9.17, 15) is 4.79 Å². The molecular weight excluding hydrogens is 400 g/mol. The summed E-state index contributed by atoms with van der Waals surface area (Å²) >= 11 is 0. The van der Waals surface area contributed by atoms with Crippen molar-refractivity contribution < 1.29 is 14.3 Å². The van der Waals surface area contributed by atoms with E-state index in [1.165, 1.54) is 0 Å². The van der Waals surface area contributed by atoms with Crippen LogP contribution in [0.25, 0.3) is 6.08 Å². The van der Waals surface area contributed by atoms with Crippen LogP contribution in [0.4, 0.5) is 11.4 Å². The van der Waals surface area contributed by atoms with Gasteiger partial charge in [-0.15, -0.1) is 0 Å². The van der Waals surface area contributed by atoms with Gasteiger partial charge >= 0.3 is 0 Å². The largest absolute Gasteiger partial charge is 0.497 e. The van der Waals surface area contributed by atoms with E-state index in [-0.39, 0.29) is 5.91 Å². The first kappa shape index (κ1) is 22.9. The number of anilines is 2. The second-order valence-electron chi connectivity index (χ2n) is 7.32. The molecule has 0 saturated heterocycles. The average molecular weight is 431 g/mol. The van der Waals surface area contributed by atoms with Crippen LogP contribution in [0.5, 0.6) is 11.5 Å². The summed E-state index contributed by atoms with van der Waals surface area (Å²) in [5.41, 5.74) is 3.78. The van der Waals surface area contributed by atoms with Crippen molar-refractivity contribution in [2.24, 2.45) is 0 Å². The Bertz CT molecular complexity index is 1060. The molecule has 5 nitrogen and oxygen atoms in total. The summed E-state index contributed by atoms with van der Waals surface area (Å²) in [6.07, 6.45) is 3.89. The van der Waals surface area contributed by atoms with Gasteiger partial charge in [0, 0.05) is 18.3 Å². The number of ether oxygens (including phenoxy) is 2. The number of nitrogens with one attached hydrogen (secondary N) is 1. The highest BCUT2D eigenvalue weighted by Gasteiger charge is 2.23. The second kappa shape index (κ2) is 11.0. The first-order chi connectivity index (χ1) is 15.6. The molecule has 1 N–H and O–H groups in total. The molecule has 3 rings (SSSR count). The SMILES string of the molecule is CCN(C(=O)[C@H](/C=C/c1ccccc1C)Nc1ccc(OC)cc1OC)c1ccccc1. The molecule has 5 heteroatoms. The number of amides is 1. The van der Waals surface area contributed by atoms with E-state index in [4.69, 9.17) is 9.47 Å². The van der Waals surface area contributed by atoms with Crippen LogP contribution in [-0.4, -0.2) is 32.7 Å². The average Bonchev–Trinajstić information content (AvgIpc) is 2.83. The van der Waals surface area contributed by atoms with Gasteiger partial charge in [0.1, 0.15) is 17.5 Å². The molecule has 3 aromatic rings. The molecule has 0 bridgehead atoms. The van der Waals surface area contributed by atoms with Crippen LogP contribution < -0.4 is 19.7 Å². The summed E-state index contributed by atoms with van der Waals surface area (Å²) in [6, 6.07) is 22.7. The number of nitrogens with zero attached hydrogens (tertiary/aromatic N) is 1. The number of aryl methyl sites for hydroxylation is 1. The fourth-order valence-corrected chi connectivity index (χ4v) is 3.49. The number of methoxy groups -OCH3 is 2. The van der Waals surface area contributed by atoms with Gasteiger partial charge in [-0.05, 0) is 49.2 Å². The Kier molecular flexibility index (Phi) is 7.92. The molecule has 0 aliphatic carbocycles. The minimum Gasteiger partial charge on any atom is -0.497 e. The summed E-state index contributed by atoms with van der Waals surface area (Å²) in [4.78, 5) is 15.4.